The monoisotopic (exact) mass is 359 g/mol. The molecular weight excluding hydrogens is 338 g/mol. The number of nitrogens with one attached hydrogen (secondary N) is 1. The molecule has 0 unspecified atom stereocenters. The average Bonchev–Trinajstić information content (AvgIpc) is 3.46. The van der Waals surface area contributed by atoms with Gasteiger partial charge < -0.3 is 15.1 Å². The van der Waals surface area contributed by atoms with E-state index in [0.717, 1.165) is 30.7 Å². The third-order valence-electron chi connectivity index (χ3n) is 4.88. The van der Waals surface area contributed by atoms with E-state index in [4.69, 9.17) is 0 Å². The maximum absolute atomic E-state index is 12.8. The standard InChI is InChI=1S/C18H21N3O3S/c22-16-11-25-15-5-4-13(10-14(15)19-16)18(24)21-7-1-6-20(8-9-21)17(23)12-2-3-12/h4-5,10,12H,1-3,6-9,11H2,(H,19,22). The van der Waals surface area contributed by atoms with Gasteiger partial charge in [0.25, 0.3) is 5.91 Å². The SMILES string of the molecule is O=C1CSc2ccc(C(=O)N3CCCN(C(=O)C4CC4)CC3)cc2N1. The number of thioether (sulfide) groups is 1. The number of fused-ring (bicyclic) bond motifs is 1. The fourth-order valence-electron chi connectivity index (χ4n) is 3.33. The van der Waals surface area contributed by atoms with E-state index in [1.807, 2.05) is 21.9 Å². The van der Waals surface area contributed by atoms with Crippen molar-refractivity contribution >= 4 is 35.2 Å². The summed E-state index contributed by atoms with van der Waals surface area (Å²) >= 11 is 1.49. The molecule has 4 rings (SSSR count). The van der Waals surface area contributed by atoms with Crippen molar-refractivity contribution in [2.75, 3.05) is 37.2 Å². The summed E-state index contributed by atoms with van der Waals surface area (Å²) in [6.45, 7) is 2.57. The lowest BCUT2D eigenvalue weighted by molar-refractivity contribution is -0.132. The Morgan fingerprint density at radius 3 is 2.64 bits per heavy atom. The molecule has 1 N–H and O–H groups in total. The highest BCUT2D eigenvalue weighted by Crippen LogP contribution is 2.33. The molecule has 2 heterocycles. The molecule has 132 valence electrons. The van der Waals surface area contributed by atoms with Crippen LogP contribution >= 0.6 is 11.8 Å². The molecule has 2 aliphatic heterocycles. The van der Waals surface area contributed by atoms with Gasteiger partial charge in [0.15, 0.2) is 0 Å². The van der Waals surface area contributed by atoms with E-state index in [1.54, 1.807) is 6.07 Å². The van der Waals surface area contributed by atoms with E-state index in [0.29, 0.717) is 36.6 Å². The molecule has 7 heteroatoms. The van der Waals surface area contributed by atoms with E-state index >= 15 is 0 Å². The van der Waals surface area contributed by atoms with Crippen molar-refractivity contribution < 1.29 is 14.4 Å². The molecule has 3 aliphatic rings. The quantitative estimate of drug-likeness (QED) is 0.874. The zero-order valence-electron chi connectivity index (χ0n) is 14.0. The number of nitrogens with zero attached hydrogens (tertiary/aromatic N) is 2. The smallest absolute Gasteiger partial charge is 0.253 e. The van der Waals surface area contributed by atoms with E-state index < -0.39 is 0 Å². The lowest BCUT2D eigenvalue weighted by atomic mass is 10.1. The van der Waals surface area contributed by atoms with Crippen molar-refractivity contribution in [2.24, 2.45) is 5.92 Å². The zero-order chi connectivity index (χ0) is 17.4. The first kappa shape index (κ1) is 16.4. The summed E-state index contributed by atoms with van der Waals surface area (Å²) in [7, 11) is 0. The van der Waals surface area contributed by atoms with Crippen LogP contribution in [-0.2, 0) is 9.59 Å². The molecule has 1 saturated heterocycles. The molecule has 1 aromatic rings. The Morgan fingerprint density at radius 1 is 1.08 bits per heavy atom. The van der Waals surface area contributed by atoms with Crippen LogP contribution in [0.25, 0.3) is 0 Å². The summed E-state index contributed by atoms with van der Waals surface area (Å²) < 4.78 is 0. The van der Waals surface area contributed by atoms with Crippen LogP contribution in [0.15, 0.2) is 23.1 Å². The van der Waals surface area contributed by atoms with Crippen LogP contribution in [0.1, 0.15) is 29.6 Å². The molecule has 0 bridgehead atoms. The number of benzene rings is 1. The first-order valence-electron chi connectivity index (χ1n) is 8.76. The molecule has 2 fully saturated rings. The molecule has 0 aromatic heterocycles. The van der Waals surface area contributed by atoms with Crippen molar-refractivity contribution in [1.82, 2.24) is 9.80 Å². The van der Waals surface area contributed by atoms with Crippen LogP contribution in [0, 0.1) is 5.92 Å². The van der Waals surface area contributed by atoms with Crippen LogP contribution in [0.5, 0.6) is 0 Å². The van der Waals surface area contributed by atoms with Gasteiger partial charge >= 0.3 is 0 Å². The van der Waals surface area contributed by atoms with E-state index in [-0.39, 0.29) is 23.6 Å². The minimum atomic E-state index is -0.0360. The van der Waals surface area contributed by atoms with Gasteiger partial charge in [-0.05, 0) is 37.5 Å². The van der Waals surface area contributed by atoms with Gasteiger partial charge in [-0.15, -0.1) is 11.8 Å². The number of hydrogen-bond acceptors (Lipinski definition) is 4. The van der Waals surface area contributed by atoms with Crippen molar-refractivity contribution in [2.45, 2.75) is 24.2 Å². The first-order valence-corrected chi connectivity index (χ1v) is 9.75. The third kappa shape index (κ3) is 3.51. The second-order valence-corrected chi connectivity index (χ2v) is 7.81. The van der Waals surface area contributed by atoms with Gasteiger partial charge in [-0.1, -0.05) is 0 Å². The molecule has 1 saturated carbocycles. The van der Waals surface area contributed by atoms with Gasteiger partial charge in [0.05, 0.1) is 11.4 Å². The highest BCUT2D eigenvalue weighted by Gasteiger charge is 2.34. The van der Waals surface area contributed by atoms with Gasteiger partial charge in [-0.2, -0.15) is 0 Å². The summed E-state index contributed by atoms with van der Waals surface area (Å²) in [4.78, 5) is 41.4. The van der Waals surface area contributed by atoms with Crippen molar-refractivity contribution in [3.8, 4) is 0 Å². The Bertz CT molecular complexity index is 732. The van der Waals surface area contributed by atoms with Crippen molar-refractivity contribution in [3.05, 3.63) is 23.8 Å². The summed E-state index contributed by atoms with van der Waals surface area (Å²) in [6.07, 6.45) is 2.83. The second-order valence-electron chi connectivity index (χ2n) is 6.79. The number of anilines is 1. The fourth-order valence-corrected chi connectivity index (χ4v) is 4.12. The number of carbonyl (C=O) groups excluding carboxylic acids is 3. The molecule has 6 nitrogen and oxygen atoms in total. The molecule has 1 aliphatic carbocycles. The van der Waals surface area contributed by atoms with Gasteiger partial charge in [0, 0.05) is 42.6 Å². The lowest BCUT2D eigenvalue weighted by Gasteiger charge is -2.23. The topological polar surface area (TPSA) is 69.7 Å². The van der Waals surface area contributed by atoms with Crippen LogP contribution in [0.4, 0.5) is 5.69 Å². The molecule has 1 aromatic carbocycles. The number of amides is 3. The Balaban J connectivity index is 1.44. The summed E-state index contributed by atoms with van der Waals surface area (Å²) in [6, 6.07) is 5.48. The molecule has 0 atom stereocenters. The fraction of sp³-hybridized carbons (Fsp3) is 0.500. The first-order chi connectivity index (χ1) is 12.1. The maximum Gasteiger partial charge on any atom is 0.253 e. The van der Waals surface area contributed by atoms with E-state index in [1.165, 1.54) is 11.8 Å². The zero-order valence-corrected chi connectivity index (χ0v) is 14.8. The van der Waals surface area contributed by atoms with E-state index in [2.05, 4.69) is 5.32 Å². The van der Waals surface area contributed by atoms with Crippen LogP contribution in [0.3, 0.4) is 0 Å². The van der Waals surface area contributed by atoms with Crippen LogP contribution in [0.2, 0.25) is 0 Å². The molecule has 0 spiro atoms. The number of rotatable bonds is 2. The van der Waals surface area contributed by atoms with Crippen molar-refractivity contribution in [3.63, 3.8) is 0 Å². The third-order valence-corrected chi connectivity index (χ3v) is 5.95. The van der Waals surface area contributed by atoms with Crippen LogP contribution in [-0.4, -0.2) is 59.5 Å². The Hall–Kier alpha value is -2.02. The Kier molecular flexibility index (Phi) is 4.41. The van der Waals surface area contributed by atoms with Gasteiger partial charge in [-0.3, -0.25) is 14.4 Å². The summed E-state index contributed by atoms with van der Waals surface area (Å²) in [5, 5.41) is 2.83. The van der Waals surface area contributed by atoms with Gasteiger partial charge in [-0.25, -0.2) is 0 Å². The van der Waals surface area contributed by atoms with Gasteiger partial charge in [0.2, 0.25) is 11.8 Å². The van der Waals surface area contributed by atoms with Crippen molar-refractivity contribution in [1.29, 1.82) is 0 Å². The Labute approximate surface area is 150 Å². The molecule has 25 heavy (non-hydrogen) atoms. The largest absolute Gasteiger partial charge is 0.341 e. The maximum atomic E-state index is 12.8. The Morgan fingerprint density at radius 2 is 1.84 bits per heavy atom. The minimum Gasteiger partial charge on any atom is -0.341 e. The van der Waals surface area contributed by atoms with E-state index in [9.17, 15) is 14.4 Å². The normalized spacial score (nSPS) is 20.6. The summed E-state index contributed by atoms with van der Waals surface area (Å²) in [5.74, 6) is 0.823. The number of hydrogen-bond donors (Lipinski definition) is 1. The molecule has 0 radical (unpaired) electrons. The second kappa shape index (κ2) is 6.71. The molecule has 3 amide bonds. The highest BCUT2D eigenvalue weighted by atomic mass is 32.2. The van der Waals surface area contributed by atoms with Gasteiger partial charge in [0.1, 0.15) is 0 Å². The lowest BCUT2D eigenvalue weighted by Crippen LogP contribution is -2.38. The predicted molar refractivity (Wildman–Crippen MR) is 95.6 cm³/mol. The number of carbonyl (C=O) groups is 3. The summed E-state index contributed by atoms with van der Waals surface area (Å²) in [5.41, 5.74) is 1.30. The molecular formula is C18H21N3O3S. The highest BCUT2D eigenvalue weighted by molar-refractivity contribution is 8.00. The van der Waals surface area contributed by atoms with Crippen LogP contribution < -0.4 is 5.32 Å². The predicted octanol–water partition coefficient (Wildman–Crippen LogP) is 1.82. The minimum absolute atomic E-state index is 0.0339. The average molecular weight is 359 g/mol.